The van der Waals surface area contributed by atoms with Crippen LogP contribution in [0.4, 0.5) is 4.39 Å². The van der Waals surface area contributed by atoms with E-state index in [2.05, 4.69) is 4.74 Å². The van der Waals surface area contributed by atoms with E-state index >= 15 is 0 Å². The van der Waals surface area contributed by atoms with Crippen LogP contribution in [0, 0.1) is 0 Å². The fourth-order valence-electron chi connectivity index (χ4n) is 1.22. The molecule has 1 atom stereocenters. The van der Waals surface area contributed by atoms with Gasteiger partial charge in [-0.25, -0.2) is 12.8 Å². The molecule has 0 aliphatic heterocycles. The average Bonchev–Trinajstić information content (AvgIpc) is 2.30. The number of ether oxygens (including phenoxy) is 1. The minimum absolute atomic E-state index is 0.0942. The van der Waals surface area contributed by atoms with E-state index in [0.29, 0.717) is 0 Å². The summed E-state index contributed by atoms with van der Waals surface area (Å²) in [5.74, 6) is -0.862. The molecule has 0 amide bonds. The lowest BCUT2D eigenvalue weighted by Crippen LogP contribution is -2.21. The maximum Gasteiger partial charge on any atom is 0.309 e. The van der Waals surface area contributed by atoms with Crippen molar-refractivity contribution in [1.82, 2.24) is 0 Å². The van der Waals surface area contributed by atoms with Gasteiger partial charge in [-0.3, -0.25) is 4.79 Å². The van der Waals surface area contributed by atoms with E-state index in [9.17, 15) is 17.6 Å². The van der Waals surface area contributed by atoms with Gasteiger partial charge in [0, 0.05) is 0 Å². The third-order valence-electron chi connectivity index (χ3n) is 2.04. The Morgan fingerprint density at radius 1 is 1.35 bits per heavy atom. The molecule has 0 aromatic heterocycles. The Balaban J connectivity index is 2.82. The van der Waals surface area contributed by atoms with Crippen LogP contribution >= 0.6 is 0 Å². The van der Waals surface area contributed by atoms with Gasteiger partial charge in [0.1, 0.15) is 0 Å². The summed E-state index contributed by atoms with van der Waals surface area (Å²) in [5.41, 5.74) is -2.27. The highest BCUT2D eigenvalue weighted by Crippen LogP contribution is 2.19. The van der Waals surface area contributed by atoms with Crippen LogP contribution in [0.3, 0.4) is 0 Å². The predicted octanol–water partition coefficient (Wildman–Crippen LogP) is 1.71. The molecule has 1 rings (SSSR count). The van der Waals surface area contributed by atoms with Crippen LogP contribution in [0.15, 0.2) is 35.2 Å². The van der Waals surface area contributed by atoms with E-state index in [4.69, 9.17) is 0 Å². The number of esters is 1. The Morgan fingerprint density at radius 3 is 2.47 bits per heavy atom. The zero-order valence-corrected chi connectivity index (χ0v) is 10.1. The molecule has 0 fully saturated rings. The van der Waals surface area contributed by atoms with Crippen LogP contribution < -0.4 is 0 Å². The number of hydrogen-bond acceptors (Lipinski definition) is 4. The molecular formula is C11H13FO4S. The third-order valence-corrected chi connectivity index (χ3v) is 3.81. The summed E-state index contributed by atoms with van der Waals surface area (Å²) in [5, 5.41) is 0. The summed E-state index contributed by atoms with van der Waals surface area (Å²) in [6.45, 7) is 1.66. The molecule has 1 unspecified atom stereocenters. The van der Waals surface area contributed by atoms with Crippen LogP contribution in [-0.4, -0.2) is 26.5 Å². The molecule has 0 saturated carbocycles. The Hall–Kier alpha value is -1.43. The van der Waals surface area contributed by atoms with Crippen molar-refractivity contribution in [3.63, 3.8) is 0 Å². The molecule has 0 N–H and O–H groups in total. The first-order chi connectivity index (χ1) is 7.98. The fourth-order valence-corrected chi connectivity index (χ4v) is 2.41. The van der Waals surface area contributed by atoms with Gasteiger partial charge in [-0.05, 0) is 19.1 Å². The van der Waals surface area contributed by atoms with Crippen LogP contribution in [0.2, 0.25) is 0 Å². The highest BCUT2D eigenvalue weighted by Gasteiger charge is 2.29. The number of rotatable bonds is 5. The molecule has 0 radical (unpaired) electrons. The summed E-state index contributed by atoms with van der Waals surface area (Å²) >= 11 is 0. The van der Waals surface area contributed by atoms with Crippen LogP contribution in [-0.2, 0) is 19.4 Å². The molecule has 4 nitrogen and oxygen atoms in total. The molecule has 1 aromatic rings. The van der Waals surface area contributed by atoms with E-state index in [-0.39, 0.29) is 11.5 Å². The van der Waals surface area contributed by atoms with Crippen molar-refractivity contribution < 1.29 is 22.3 Å². The van der Waals surface area contributed by atoms with Gasteiger partial charge in [0.2, 0.25) is 15.3 Å². The Labute approximate surface area is 99.3 Å². The predicted molar refractivity (Wildman–Crippen MR) is 59.8 cm³/mol. The van der Waals surface area contributed by atoms with Crippen LogP contribution in [0.1, 0.15) is 13.3 Å². The lowest BCUT2D eigenvalue weighted by atomic mass is 10.4. The average molecular weight is 260 g/mol. The Kier molecular flexibility index (Phi) is 4.62. The number of hydrogen-bond donors (Lipinski definition) is 0. The maximum atomic E-state index is 13.6. The normalized spacial score (nSPS) is 13.1. The minimum Gasteiger partial charge on any atom is -0.466 e. The molecule has 0 aliphatic carbocycles. The Bertz CT molecular complexity index is 470. The van der Waals surface area contributed by atoms with Crippen molar-refractivity contribution in [3.05, 3.63) is 30.3 Å². The molecule has 0 bridgehead atoms. The summed E-state index contributed by atoms with van der Waals surface area (Å²) in [6.07, 6.45) is -0.787. The first kappa shape index (κ1) is 13.6. The van der Waals surface area contributed by atoms with Gasteiger partial charge in [0.15, 0.2) is 0 Å². The van der Waals surface area contributed by atoms with Crippen molar-refractivity contribution in [2.45, 2.75) is 23.7 Å². The SMILES string of the molecule is CCOC(=O)CC(F)S(=O)(=O)c1ccccc1. The lowest BCUT2D eigenvalue weighted by Gasteiger charge is -2.09. The van der Waals surface area contributed by atoms with Gasteiger partial charge in [-0.2, -0.15) is 0 Å². The summed E-state index contributed by atoms with van der Waals surface area (Å²) in [7, 11) is -4.12. The standard InChI is InChI=1S/C11H13FO4S/c1-2-16-11(13)8-10(12)17(14,15)9-6-4-3-5-7-9/h3-7,10H,2,8H2,1H3. The maximum absolute atomic E-state index is 13.6. The third kappa shape index (κ3) is 3.52. The van der Waals surface area contributed by atoms with Gasteiger partial charge in [0.25, 0.3) is 0 Å². The molecule has 17 heavy (non-hydrogen) atoms. The first-order valence-corrected chi connectivity index (χ1v) is 6.61. The second-order valence-corrected chi connectivity index (χ2v) is 5.35. The van der Waals surface area contributed by atoms with E-state index in [1.54, 1.807) is 13.0 Å². The van der Waals surface area contributed by atoms with Crippen molar-refractivity contribution in [3.8, 4) is 0 Å². The smallest absolute Gasteiger partial charge is 0.309 e. The number of benzene rings is 1. The van der Waals surface area contributed by atoms with Gasteiger partial charge in [-0.1, -0.05) is 18.2 Å². The topological polar surface area (TPSA) is 60.4 Å². The van der Waals surface area contributed by atoms with Crippen molar-refractivity contribution in [2.75, 3.05) is 6.61 Å². The monoisotopic (exact) mass is 260 g/mol. The zero-order valence-electron chi connectivity index (χ0n) is 9.30. The van der Waals surface area contributed by atoms with E-state index < -0.39 is 27.7 Å². The van der Waals surface area contributed by atoms with Gasteiger partial charge in [-0.15, -0.1) is 0 Å². The summed E-state index contributed by atoms with van der Waals surface area (Å²) in [6, 6.07) is 7.17. The summed E-state index contributed by atoms with van der Waals surface area (Å²) < 4.78 is 41.4. The van der Waals surface area contributed by atoms with Crippen LogP contribution in [0.5, 0.6) is 0 Å². The van der Waals surface area contributed by atoms with E-state index in [0.717, 1.165) is 0 Å². The van der Waals surface area contributed by atoms with Crippen molar-refractivity contribution >= 4 is 15.8 Å². The van der Waals surface area contributed by atoms with E-state index in [1.165, 1.54) is 24.3 Å². The molecule has 94 valence electrons. The molecule has 1 aromatic carbocycles. The molecular weight excluding hydrogens is 247 g/mol. The molecule has 0 saturated heterocycles. The number of alkyl halides is 1. The number of sulfone groups is 1. The van der Waals surface area contributed by atoms with Crippen molar-refractivity contribution in [1.29, 1.82) is 0 Å². The molecule has 0 spiro atoms. The molecule has 0 heterocycles. The lowest BCUT2D eigenvalue weighted by molar-refractivity contribution is -0.143. The zero-order chi connectivity index (χ0) is 12.9. The van der Waals surface area contributed by atoms with Gasteiger partial charge >= 0.3 is 5.97 Å². The highest BCUT2D eigenvalue weighted by atomic mass is 32.2. The molecule has 6 heteroatoms. The first-order valence-electron chi connectivity index (χ1n) is 5.07. The molecule has 0 aliphatic rings. The van der Waals surface area contributed by atoms with E-state index in [1.807, 2.05) is 0 Å². The van der Waals surface area contributed by atoms with Gasteiger partial charge in [0.05, 0.1) is 17.9 Å². The number of carbonyl (C=O) groups excluding carboxylic acids is 1. The quantitative estimate of drug-likeness (QED) is 0.756. The number of carbonyl (C=O) groups is 1. The number of halogens is 1. The minimum atomic E-state index is -4.12. The largest absolute Gasteiger partial charge is 0.466 e. The van der Waals surface area contributed by atoms with Crippen molar-refractivity contribution in [2.24, 2.45) is 0 Å². The Morgan fingerprint density at radius 2 is 1.94 bits per heavy atom. The fraction of sp³-hybridized carbons (Fsp3) is 0.364. The summed E-state index contributed by atoms with van der Waals surface area (Å²) in [4.78, 5) is 10.9. The second-order valence-electron chi connectivity index (χ2n) is 3.28. The second kappa shape index (κ2) is 5.77. The van der Waals surface area contributed by atoms with Gasteiger partial charge < -0.3 is 4.74 Å². The van der Waals surface area contributed by atoms with Crippen LogP contribution in [0.25, 0.3) is 0 Å². The highest BCUT2D eigenvalue weighted by molar-refractivity contribution is 7.92.